The van der Waals surface area contributed by atoms with Crippen LogP contribution in [0.3, 0.4) is 0 Å². The van der Waals surface area contributed by atoms with Gasteiger partial charge in [0.1, 0.15) is 0 Å². The maximum absolute atomic E-state index is 8.34. The summed E-state index contributed by atoms with van der Waals surface area (Å²) in [4.78, 5) is 0. The van der Waals surface area contributed by atoms with Crippen molar-refractivity contribution < 1.29 is 76.1 Å². The summed E-state index contributed by atoms with van der Waals surface area (Å²) in [5.41, 5.74) is 0. The summed E-state index contributed by atoms with van der Waals surface area (Å²) in [6.07, 6.45) is 0. The Morgan fingerprint density at radius 1 is 1.11 bits per heavy atom. The van der Waals surface area contributed by atoms with E-state index in [0.29, 0.717) is 22.5 Å². The third-order valence-electron chi connectivity index (χ3n) is 0. The number of hydrogen-bond acceptors (Lipinski definition) is 1. The largest absolute Gasteiger partial charge is 0 e. The molecule has 0 aromatic carbocycles. The Morgan fingerprint density at radius 2 is 1.11 bits per heavy atom. The molecule has 0 aromatic rings. The Morgan fingerprint density at radius 3 is 1.11 bits per heavy atom. The van der Waals surface area contributed by atoms with Crippen LogP contribution in [0.4, 0.5) is 0 Å². The fourth-order valence-electron chi connectivity index (χ4n) is 0. The predicted molar refractivity (Wildman–Crippen MR) is 23.7 cm³/mol. The van der Waals surface area contributed by atoms with Crippen molar-refractivity contribution in [2.24, 2.45) is 0 Å². The van der Waals surface area contributed by atoms with Crippen LogP contribution < -0.4 is 0 Å². The summed E-state index contributed by atoms with van der Waals surface area (Å²) in [7, 11) is 0. The number of hydrogen-bond donors (Lipinski definition) is 0. The molecule has 0 saturated heterocycles. The van der Waals surface area contributed by atoms with Crippen LogP contribution in [-0.4, -0.2) is 96.4 Å². The molecule has 0 aliphatic rings. The molecule has 13 radical (unpaired) electrons. The van der Waals surface area contributed by atoms with Crippen LogP contribution in [0.15, 0.2) is 0 Å². The van der Waals surface area contributed by atoms with Crippen molar-refractivity contribution in [2.45, 2.75) is 0 Å². The molecule has 0 aliphatic carbocycles. The second kappa shape index (κ2) is 71.1. The average Bonchev–Trinajstić information content (AvgIpc) is 1.00. The van der Waals surface area contributed by atoms with Gasteiger partial charge >= 0.3 is 25.6 Å². The quantitative estimate of drug-likeness (QED) is 0.270. The van der Waals surface area contributed by atoms with Crippen molar-refractivity contribution in [1.82, 2.24) is 0 Å². The first-order valence-corrected chi connectivity index (χ1v) is 1.37. The molecule has 0 spiro atoms. The van der Waals surface area contributed by atoms with Crippen molar-refractivity contribution in [3.8, 4) is 0 Å². The first-order valence-electron chi connectivity index (χ1n) is 0.204. The molecule has 1 nitrogen and oxygen atoms in total. The topological polar surface area (TPSA) is 17.1 Å². The Kier molecular flexibility index (Phi) is 501. The first-order chi connectivity index (χ1) is 1.00. The van der Waals surface area contributed by atoms with Gasteiger partial charge in [0.2, 0.25) is 0 Å². The molecule has 9 heteroatoms. The Hall–Kier alpha value is 5.35. The molecule has 0 heterocycles. The van der Waals surface area contributed by atoms with Crippen molar-refractivity contribution in [2.75, 3.05) is 0 Å². The van der Waals surface area contributed by atoms with E-state index in [1.54, 1.807) is 0 Å². The van der Waals surface area contributed by atoms with Gasteiger partial charge in [-0.1, -0.05) is 0 Å². The zero-order valence-electron chi connectivity index (χ0n) is 3.64. The van der Waals surface area contributed by atoms with E-state index < -0.39 is 0 Å². The molecule has 0 saturated carbocycles. The molecular formula is AgCuInMnNiOSbSnTe. The summed E-state index contributed by atoms with van der Waals surface area (Å²) in [5.74, 6) is 0. The molecule has 0 atom stereocenters. The van der Waals surface area contributed by atoms with Gasteiger partial charge in [-0.15, -0.1) is 0 Å². The van der Waals surface area contributed by atoms with Crippen LogP contribution in [-0.2, 0) is 76.1 Å². The minimum atomic E-state index is 0. The van der Waals surface area contributed by atoms with Gasteiger partial charge in [-0.3, -0.25) is 0 Å². The summed E-state index contributed by atoms with van der Waals surface area (Å²) in [6, 6.07) is 0. The van der Waals surface area contributed by atoms with Crippen LogP contribution in [0.5, 0.6) is 0 Å². The van der Waals surface area contributed by atoms with Crippen LogP contribution in [0, 0.1) is 0 Å². The van der Waals surface area contributed by atoms with Crippen molar-refractivity contribution in [3.05, 3.63) is 0 Å². The van der Waals surface area contributed by atoms with E-state index in [2.05, 4.69) is 0 Å². The fourth-order valence-corrected chi connectivity index (χ4v) is 0. The van der Waals surface area contributed by atoms with Crippen LogP contribution in [0.2, 0.25) is 0 Å². The van der Waals surface area contributed by atoms with E-state index >= 15 is 0 Å². The van der Waals surface area contributed by atoms with E-state index in [-0.39, 0.29) is 147 Å². The minimum absolute atomic E-state index is 0. The van der Waals surface area contributed by atoms with Gasteiger partial charge < -0.3 is 0 Å². The van der Waals surface area contributed by atoms with Crippen LogP contribution >= 0.6 is 0 Å². The predicted octanol–water partition coefficient (Wildman–Crippen LogP) is -1.65. The molecule has 0 aliphatic heterocycles. The summed E-state index contributed by atoms with van der Waals surface area (Å²) in [6.45, 7) is 0. The standard InChI is InChI=1S/Ag.Cu.In.Mn.Ni.O.Sb.Sn.Te. The van der Waals surface area contributed by atoms with Gasteiger partial charge in [-0.2, -0.15) is 0 Å². The smallest absolute Gasteiger partial charge is 0 e. The van der Waals surface area contributed by atoms with Gasteiger partial charge in [0, 0.05) is 147 Å². The van der Waals surface area contributed by atoms with Gasteiger partial charge in [0.25, 0.3) is 0 Å². The van der Waals surface area contributed by atoms with E-state index in [4.69, 9.17) is 3.08 Å². The SMILES string of the molecule is [Ag].[Cu].[In].[Mn].[Ni].[O]=[Sn].[Sb].[Te]. The molecule has 63 valence electrons. The molecule has 0 rings (SSSR count). The van der Waals surface area contributed by atoms with Crippen LogP contribution in [0.1, 0.15) is 0 Å². The second-order valence-electron chi connectivity index (χ2n) is 0. The third kappa shape index (κ3) is 60.1. The molecular weight excluding hydrogens is 784 g/mol. The monoisotopic (exact) mass is 784 g/mol. The first kappa shape index (κ1) is 63.4. The van der Waals surface area contributed by atoms with E-state index in [1.807, 2.05) is 0 Å². The van der Waals surface area contributed by atoms with Gasteiger partial charge in [0.05, 0.1) is 0 Å². The average molecular weight is 784 g/mol. The Bertz CT molecular complexity index is 28.5. The Labute approximate surface area is 168 Å². The zero-order chi connectivity index (χ0) is 2.00. The van der Waals surface area contributed by atoms with Crippen molar-refractivity contribution in [1.29, 1.82) is 0 Å². The zero-order valence-corrected chi connectivity index (χ0v) is 19.3. The molecule has 0 aromatic heterocycles. The van der Waals surface area contributed by atoms with Crippen molar-refractivity contribution in [3.63, 3.8) is 0 Å². The summed E-state index contributed by atoms with van der Waals surface area (Å²) < 4.78 is 8.34. The maximum atomic E-state index is 8.34. The van der Waals surface area contributed by atoms with Gasteiger partial charge in [-0.25, -0.2) is 0 Å². The summed E-state index contributed by atoms with van der Waals surface area (Å²) in [5, 5.41) is 0. The van der Waals surface area contributed by atoms with E-state index in [1.165, 1.54) is 0 Å². The van der Waals surface area contributed by atoms with E-state index in [9.17, 15) is 0 Å². The normalized spacial score (nSPS) is 0.444. The van der Waals surface area contributed by atoms with Crippen molar-refractivity contribution >= 4 is 96.4 Å². The third-order valence-corrected chi connectivity index (χ3v) is 0. The molecule has 0 fully saturated rings. The Balaban J connectivity index is -0.000000000238. The molecule has 0 unspecified atom stereocenters. The molecule has 0 amide bonds. The number of rotatable bonds is 0. The molecule has 9 heavy (non-hydrogen) atoms. The molecule has 0 N–H and O–H groups in total. The summed E-state index contributed by atoms with van der Waals surface area (Å²) >= 11 is 0.300. The maximum Gasteiger partial charge on any atom is 0 e. The van der Waals surface area contributed by atoms with Crippen LogP contribution in [0.25, 0.3) is 0 Å². The van der Waals surface area contributed by atoms with Gasteiger partial charge in [-0.05, 0) is 0 Å². The van der Waals surface area contributed by atoms with Gasteiger partial charge in [0.15, 0.2) is 0 Å². The van der Waals surface area contributed by atoms with E-state index in [0.717, 1.165) is 0 Å². The fraction of sp³-hybridized carbons (Fsp3) is 0. The minimum Gasteiger partial charge on any atom is 0 e. The second-order valence-corrected chi connectivity index (χ2v) is 0. The molecule has 0 bridgehead atoms.